The van der Waals surface area contributed by atoms with Crippen LogP contribution in [0.3, 0.4) is 0 Å². The number of hydrogen-bond acceptors (Lipinski definition) is 4. The van der Waals surface area contributed by atoms with Gasteiger partial charge in [0, 0.05) is 54.8 Å². The minimum absolute atomic E-state index is 0.240. The first kappa shape index (κ1) is 32.5. The fourth-order valence-corrected chi connectivity index (χ4v) is 14.7. The molecule has 5 heteroatoms. The second-order valence-electron chi connectivity index (χ2n) is 14.6. The molecular formula is C49H37N3SSi. The van der Waals surface area contributed by atoms with Crippen molar-refractivity contribution in [2.45, 2.75) is 19.3 Å². The third kappa shape index (κ3) is 5.00. The predicted octanol–water partition coefficient (Wildman–Crippen LogP) is 10.00. The van der Waals surface area contributed by atoms with E-state index in [1.54, 1.807) is 0 Å². The van der Waals surface area contributed by atoms with E-state index in [4.69, 9.17) is 9.97 Å². The van der Waals surface area contributed by atoms with Gasteiger partial charge >= 0.3 is 0 Å². The number of thiophene rings is 1. The maximum absolute atomic E-state index is 5.15. The molecule has 258 valence electrons. The third-order valence-electron chi connectivity index (χ3n) is 11.3. The van der Waals surface area contributed by atoms with Gasteiger partial charge < -0.3 is 0 Å². The molecule has 10 rings (SSSR count). The lowest BCUT2D eigenvalue weighted by Gasteiger charge is -2.41. The normalized spacial score (nSPS) is 13.5. The average Bonchev–Trinajstić information content (AvgIpc) is 3.60. The highest BCUT2D eigenvalue weighted by Gasteiger charge is 2.43. The van der Waals surface area contributed by atoms with Crippen molar-refractivity contribution in [3.05, 3.63) is 199 Å². The largest absolute Gasteiger partial charge is 0.294 e. The Hall–Kier alpha value is -6.14. The second-order valence-corrected chi connectivity index (χ2v) is 19.5. The molecule has 0 amide bonds. The zero-order chi connectivity index (χ0) is 36.3. The lowest BCUT2D eigenvalue weighted by Crippen LogP contribution is -2.74. The minimum atomic E-state index is -2.91. The highest BCUT2D eigenvalue weighted by molar-refractivity contribution is 7.25. The number of pyridine rings is 2. The van der Waals surface area contributed by atoms with E-state index in [0.717, 1.165) is 22.8 Å². The lowest BCUT2D eigenvalue weighted by molar-refractivity contribution is 0.628. The highest BCUT2D eigenvalue weighted by atomic mass is 32.1. The molecular weight excluding hydrogens is 691 g/mol. The van der Waals surface area contributed by atoms with Crippen LogP contribution in [0.5, 0.6) is 0 Å². The van der Waals surface area contributed by atoms with Crippen LogP contribution >= 0.6 is 11.3 Å². The summed E-state index contributed by atoms with van der Waals surface area (Å²) in [7, 11) is -2.91. The van der Waals surface area contributed by atoms with E-state index in [1.165, 1.54) is 57.7 Å². The van der Waals surface area contributed by atoms with Crippen LogP contribution in [0, 0.1) is 0 Å². The molecule has 0 saturated heterocycles. The molecule has 6 aromatic carbocycles. The monoisotopic (exact) mass is 727 g/mol. The van der Waals surface area contributed by atoms with E-state index in [9.17, 15) is 0 Å². The summed E-state index contributed by atoms with van der Waals surface area (Å²) in [5.41, 5.74) is 6.67. The van der Waals surface area contributed by atoms with Crippen molar-refractivity contribution in [3.63, 3.8) is 0 Å². The Kier molecular flexibility index (Phi) is 7.68. The number of fused-ring (bicyclic) bond motifs is 5. The molecule has 1 aliphatic rings. The van der Waals surface area contributed by atoms with Crippen LogP contribution in [-0.2, 0) is 5.41 Å². The van der Waals surface area contributed by atoms with Gasteiger partial charge in [0.25, 0.3) is 0 Å². The number of anilines is 3. The molecule has 9 aromatic rings. The van der Waals surface area contributed by atoms with Gasteiger partial charge in [0.15, 0.2) is 8.07 Å². The Balaban J connectivity index is 1.26. The molecule has 1 aliphatic heterocycles. The van der Waals surface area contributed by atoms with Gasteiger partial charge in [0.05, 0.1) is 11.4 Å². The van der Waals surface area contributed by atoms with Gasteiger partial charge in [0.2, 0.25) is 0 Å². The Morgan fingerprint density at radius 3 is 1.93 bits per heavy atom. The van der Waals surface area contributed by atoms with Crippen molar-refractivity contribution in [1.82, 2.24) is 9.97 Å². The van der Waals surface area contributed by atoms with Crippen molar-refractivity contribution in [2.24, 2.45) is 0 Å². The Morgan fingerprint density at radius 2 is 1.17 bits per heavy atom. The van der Waals surface area contributed by atoms with Crippen molar-refractivity contribution in [1.29, 1.82) is 0 Å². The van der Waals surface area contributed by atoms with E-state index in [-0.39, 0.29) is 5.41 Å². The van der Waals surface area contributed by atoms with Crippen LogP contribution < -0.4 is 25.6 Å². The summed E-state index contributed by atoms with van der Waals surface area (Å²) < 4.78 is 2.63. The smallest absolute Gasteiger partial charge is 0.179 e. The quantitative estimate of drug-likeness (QED) is 0.126. The van der Waals surface area contributed by atoms with Crippen LogP contribution in [0.1, 0.15) is 25.0 Å². The molecule has 0 radical (unpaired) electrons. The van der Waals surface area contributed by atoms with Crippen LogP contribution in [-0.4, -0.2) is 18.0 Å². The fraction of sp³-hybridized carbons (Fsp3) is 0.0612. The van der Waals surface area contributed by atoms with Crippen molar-refractivity contribution in [3.8, 4) is 11.3 Å². The highest BCUT2D eigenvalue weighted by Crippen LogP contribution is 2.53. The van der Waals surface area contributed by atoms with Crippen LogP contribution in [0.4, 0.5) is 17.2 Å². The Labute approximate surface area is 320 Å². The second kappa shape index (κ2) is 12.8. The van der Waals surface area contributed by atoms with Gasteiger partial charge in [-0.15, -0.1) is 11.3 Å². The molecule has 0 N–H and O–H groups in total. The first-order chi connectivity index (χ1) is 26.5. The summed E-state index contributed by atoms with van der Waals surface area (Å²) in [5, 5.41) is 7.86. The first-order valence-electron chi connectivity index (χ1n) is 18.5. The minimum Gasteiger partial charge on any atom is -0.294 e. The van der Waals surface area contributed by atoms with E-state index in [2.05, 4.69) is 189 Å². The van der Waals surface area contributed by atoms with Crippen molar-refractivity contribution < 1.29 is 0 Å². The first-order valence-corrected chi connectivity index (χ1v) is 21.3. The molecule has 0 saturated carbocycles. The summed E-state index contributed by atoms with van der Waals surface area (Å²) >= 11 is 1.88. The average molecular weight is 728 g/mol. The van der Waals surface area contributed by atoms with Crippen LogP contribution in [0.15, 0.2) is 188 Å². The molecule has 3 nitrogen and oxygen atoms in total. The molecule has 0 fully saturated rings. The molecule has 0 spiro atoms. The van der Waals surface area contributed by atoms with Gasteiger partial charge in [0.1, 0.15) is 5.82 Å². The topological polar surface area (TPSA) is 29.0 Å². The van der Waals surface area contributed by atoms with E-state index in [0.29, 0.717) is 0 Å². The van der Waals surface area contributed by atoms with Gasteiger partial charge in [-0.1, -0.05) is 141 Å². The van der Waals surface area contributed by atoms with E-state index < -0.39 is 8.07 Å². The summed E-state index contributed by atoms with van der Waals surface area (Å²) in [5.74, 6) is 0.981. The van der Waals surface area contributed by atoms with Crippen molar-refractivity contribution >= 4 is 77.5 Å². The Morgan fingerprint density at radius 1 is 0.500 bits per heavy atom. The van der Waals surface area contributed by atoms with Gasteiger partial charge in [-0.2, -0.15) is 0 Å². The predicted molar refractivity (Wildman–Crippen MR) is 231 cm³/mol. The standard InChI is InChI=1S/C49H37N3SSi/c1-49(2)42-25-15-29-51-48(42)52(45-32-41-40-24-9-10-27-46(40)53-47(41)33-43(45)49)35-17-14-23-39(31-35)54(36-18-5-3-6-19-36,37-20-7-4-8-21-37)38-22-13-16-34(30-38)44-26-11-12-28-50-44/h3-33H,1-2H3. The van der Waals surface area contributed by atoms with E-state index in [1.807, 2.05) is 29.8 Å². The SMILES string of the molecule is CC1(C)c2cc3sc4ccccc4c3cc2N(c2cccc([Si](c3ccccc3)(c3ccccc3)c3cccc(-c4ccccn4)c3)c2)c2ncccc21. The summed E-state index contributed by atoms with van der Waals surface area (Å²) in [6.45, 7) is 4.69. The fourth-order valence-electron chi connectivity index (χ4n) is 8.73. The van der Waals surface area contributed by atoms with E-state index >= 15 is 0 Å². The number of rotatable bonds is 6. The zero-order valence-electron chi connectivity index (χ0n) is 30.1. The van der Waals surface area contributed by atoms with Gasteiger partial charge in [-0.05, 0) is 74.8 Å². The maximum atomic E-state index is 5.15. The molecule has 0 unspecified atom stereocenters. The lowest BCUT2D eigenvalue weighted by atomic mass is 9.74. The molecule has 0 aliphatic carbocycles. The van der Waals surface area contributed by atoms with Gasteiger partial charge in [-0.3, -0.25) is 9.88 Å². The number of benzene rings is 6. The zero-order valence-corrected chi connectivity index (χ0v) is 32.0. The number of nitrogens with zero attached hydrogens (tertiary/aromatic N) is 3. The molecule has 0 bridgehead atoms. The van der Waals surface area contributed by atoms with Crippen molar-refractivity contribution in [2.75, 3.05) is 4.90 Å². The molecule has 4 heterocycles. The maximum Gasteiger partial charge on any atom is 0.179 e. The number of hydrogen-bond donors (Lipinski definition) is 0. The third-order valence-corrected chi connectivity index (χ3v) is 17.2. The van der Waals surface area contributed by atoms with Crippen LogP contribution in [0.25, 0.3) is 31.4 Å². The summed E-state index contributed by atoms with van der Waals surface area (Å²) in [6.07, 6.45) is 3.81. The summed E-state index contributed by atoms with van der Waals surface area (Å²) in [6, 6.07) is 64.8. The molecule has 3 aromatic heterocycles. The van der Waals surface area contributed by atoms with Crippen LogP contribution in [0.2, 0.25) is 0 Å². The summed E-state index contributed by atoms with van der Waals surface area (Å²) in [4.78, 5) is 12.3. The van der Waals surface area contributed by atoms with Gasteiger partial charge in [-0.25, -0.2) is 4.98 Å². The number of aromatic nitrogens is 2. The Bertz CT molecular complexity index is 2770. The molecule has 54 heavy (non-hydrogen) atoms. The molecule has 0 atom stereocenters.